The van der Waals surface area contributed by atoms with Gasteiger partial charge in [0.2, 0.25) is 0 Å². The summed E-state index contributed by atoms with van der Waals surface area (Å²) in [6.07, 6.45) is 0.0792. The van der Waals surface area contributed by atoms with Gasteiger partial charge in [0.05, 0.1) is 13.0 Å². The number of ketones is 1. The van der Waals surface area contributed by atoms with Crippen molar-refractivity contribution in [2.24, 2.45) is 4.99 Å². The first kappa shape index (κ1) is 10.5. The van der Waals surface area contributed by atoms with Gasteiger partial charge in [-0.1, -0.05) is 30.3 Å². The molecule has 1 amide bonds. The molecule has 1 aliphatic rings. The molecule has 0 bridgehead atoms. The van der Waals surface area contributed by atoms with Gasteiger partial charge in [0.25, 0.3) is 5.91 Å². The third-order valence-electron chi connectivity index (χ3n) is 2.39. The molecule has 0 aliphatic carbocycles. The summed E-state index contributed by atoms with van der Waals surface area (Å²) in [6, 6.07) is 8.93. The molecule has 4 heteroatoms. The van der Waals surface area contributed by atoms with E-state index in [0.29, 0.717) is 24.4 Å². The largest absolute Gasteiger partial charge is 0.349 e. The van der Waals surface area contributed by atoms with E-state index in [1.54, 1.807) is 24.3 Å². The van der Waals surface area contributed by atoms with E-state index in [0.717, 1.165) is 0 Å². The topological polar surface area (TPSA) is 58.5 Å². The summed E-state index contributed by atoms with van der Waals surface area (Å²) in [7, 11) is 0. The van der Waals surface area contributed by atoms with Crippen LogP contribution in [0.2, 0.25) is 0 Å². The van der Waals surface area contributed by atoms with Crippen LogP contribution in [0.1, 0.15) is 16.8 Å². The summed E-state index contributed by atoms with van der Waals surface area (Å²) in [5, 5.41) is 2.67. The number of hydrogen-bond acceptors (Lipinski definition) is 3. The fourth-order valence-corrected chi connectivity index (χ4v) is 1.55. The molecule has 0 spiro atoms. The second-order valence-electron chi connectivity index (χ2n) is 3.55. The molecule has 0 fully saturated rings. The lowest BCUT2D eigenvalue weighted by atomic mass is 10.0. The van der Waals surface area contributed by atoms with Crippen LogP contribution in [-0.4, -0.2) is 30.5 Å². The van der Waals surface area contributed by atoms with E-state index in [4.69, 9.17) is 0 Å². The fourth-order valence-electron chi connectivity index (χ4n) is 1.55. The predicted octanol–water partition coefficient (Wildman–Crippen LogP) is 0.830. The van der Waals surface area contributed by atoms with Crippen LogP contribution in [0.25, 0.3) is 0 Å². The Morgan fingerprint density at radius 2 is 2.06 bits per heavy atom. The van der Waals surface area contributed by atoms with E-state index in [1.165, 1.54) is 0 Å². The highest BCUT2D eigenvalue weighted by molar-refractivity contribution is 6.43. The Balaban J connectivity index is 2.08. The van der Waals surface area contributed by atoms with Gasteiger partial charge < -0.3 is 5.32 Å². The van der Waals surface area contributed by atoms with Crippen molar-refractivity contribution in [3.63, 3.8) is 0 Å². The molecule has 0 aromatic heterocycles. The number of Topliss-reactive ketones (excluding diaryl/α,β-unsaturated/α-hetero) is 1. The second kappa shape index (κ2) is 4.70. The van der Waals surface area contributed by atoms with Crippen LogP contribution in [0.15, 0.2) is 35.3 Å². The Morgan fingerprint density at radius 1 is 1.31 bits per heavy atom. The Kier molecular flexibility index (Phi) is 3.10. The molecule has 1 aliphatic heterocycles. The van der Waals surface area contributed by atoms with Crippen molar-refractivity contribution in [3.8, 4) is 0 Å². The van der Waals surface area contributed by atoms with E-state index in [2.05, 4.69) is 10.3 Å². The molecule has 16 heavy (non-hydrogen) atoms. The van der Waals surface area contributed by atoms with Gasteiger partial charge in [-0.2, -0.15) is 0 Å². The summed E-state index contributed by atoms with van der Waals surface area (Å²) in [6.45, 7) is 1.12. The van der Waals surface area contributed by atoms with Crippen molar-refractivity contribution in [1.82, 2.24) is 5.32 Å². The third kappa shape index (κ3) is 2.34. The van der Waals surface area contributed by atoms with Crippen LogP contribution in [-0.2, 0) is 4.79 Å². The number of nitrogens with one attached hydrogen (secondary N) is 1. The van der Waals surface area contributed by atoms with E-state index < -0.39 is 0 Å². The van der Waals surface area contributed by atoms with Crippen molar-refractivity contribution in [2.45, 2.75) is 6.42 Å². The molecule has 1 N–H and O–H groups in total. The number of nitrogens with zero attached hydrogens (tertiary/aromatic N) is 1. The molecule has 0 radical (unpaired) electrons. The highest BCUT2D eigenvalue weighted by Crippen LogP contribution is 2.05. The minimum Gasteiger partial charge on any atom is -0.349 e. The average molecular weight is 216 g/mol. The van der Waals surface area contributed by atoms with Crippen molar-refractivity contribution in [1.29, 1.82) is 0 Å². The molecular formula is C12H12N2O2. The van der Waals surface area contributed by atoms with Gasteiger partial charge in [-0.15, -0.1) is 0 Å². The number of aliphatic imine (C=N–C) groups is 1. The minimum absolute atomic E-state index is 0.0728. The maximum absolute atomic E-state index is 11.8. The molecule has 82 valence electrons. The number of carbonyl (C=O) groups excluding carboxylic acids is 2. The van der Waals surface area contributed by atoms with Crippen molar-refractivity contribution < 1.29 is 9.59 Å². The van der Waals surface area contributed by atoms with Gasteiger partial charge in [-0.25, -0.2) is 0 Å². The van der Waals surface area contributed by atoms with Crippen LogP contribution in [0.5, 0.6) is 0 Å². The number of amides is 1. The van der Waals surface area contributed by atoms with E-state index in [-0.39, 0.29) is 18.1 Å². The Labute approximate surface area is 93.4 Å². The molecule has 0 unspecified atom stereocenters. The molecule has 1 heterocycles. The molecule has 2 rings (SSSR count). The van der Waals surface area contributed by atoms with E-state index in [1.807, 2.05) is 6.07 Å². The molecule has 0 saturated carbocycles. The molecule has 0 saturated heterocycles. The first-order valence-electron chi connectivity index (χ1n) is 5.17. The Hall–Kier alpha value is -1.97. The van der Waals surface area contributed by atoms with Crippen LogP contribution in [0.3, 0.4) is 0 Å². The lowest BCUT2D eigenvalue weighted by Crippen LogP contribution is -2.38. The van der Waals surface area contributed by atoms with Crippen LogP contribution >= 0.6 is 0 Å². The first-order chi connectivity index (χ1) is 7.77. The van der Waals surface area contributed by atoms with Crippen LogP contribution in [0.4, 0.5) is 0 Å². The highest BCUT2D eigenvalue weighted by Gasteiger charge is 2.18. The molecule has 0 atom stereocenters. The third-order valence-corrected chi connectivity index (χ3v) is 2.39. The zero-order valence-corrected chi connectivity index (χ0v) is 8.77. The van der Waals surface area contributed by atoms with Crippen LogP contribution < -0.4 is 5.32 Å². The zero-order chi connectivity index (χ0) is 11.4. The van der Waals surface area contributed by atoms with Gasteiger partial charge in [0, 0.05) is 12.1 Å². The van der Waals surface area contributed by atoms with Crippen molar-refractivity contribution >= 4 is 17.4 Å². The van der Waals surface area contributed by atoms with Gasteiger partial charge in [0.15, 0.2) is 5.78 Å². The smallest absolute Gasteiger partial charge is 0.265 e. The quantitative estimate of drug-likeness (QED) is 0.761. The van der Waals surface area contributed by atoms with Gasteiger partial charge in [-0.3, -0.25) is 14.6 Å². The molecule has 1 aromatic rings. The fraction of sp³-hybridized carbons (Fsp3) is 0.250. The normalized spacial score (nSPS) is 15.2. The maximum Gasteiger partial charge on any atom is 0.265 e. The van der Waals surface area contributed by atoms with Gasteiger partial charge >= 0.3 is 0 Å². The summed E-state index contributed by atoms with van der Waals surface area (Å²) >= 11 is 0. The monoisotopic (exact) mass is 216 g/mol. The van der Waals surface area contributed by atoms with Crippen molar-refractivity contribution in [2.75, 3.05) is 13.1 Å². The maximum atomic E-state index is 11.8. The SMILES string of the molecule is O=C1NCCN=C1CC(=O)c1ccccc1. The zero-order valence-electron chi connectivity index (χ0n) is 8.77. The first-order valence-corrected chi connectivity index (χ1v) is 5.17. The van der Waals surface area contributed by atoms with Gasteiger partial charge in [0.1, 0.15) is 5.71 Å². The number of benzene rings is 1. The summed E-state index contributed by atoms with van der Waals surface area (Å²) in [5.74, 6) is -0.299. The summed E-state index contributed by atoms with van der Waals surface area (Å²) in [5.41, 5.74) is 0.948. The summed E-state index contributed by atoms with van der Waals surface area (Å²) < 4.78 is 0. The van der Waals surface area contributed by atoms with E-state index in [9.17, 15) is 9.59 Å². The average Bonchev–Trinajstić information content (AvgIpc) is 2.33. The van der Waals surface area contributed by atoms with Crippen LogP contribution in [0, 0.1) is 0 Å². The predicted molar refractivity (Wildman–Crippen MR) is 60.7 cm³/mol. The van der Waals surface area contributed by atoms with Gasteiger partial charge in [-0.05, 0) is 0 Å². The Morgan fingerprint density at radius 3 is 2.75 bits per heavy atom. The highest BCUT2D eigenvalue weighted by atomic mass is 16.2. The summed E-state index contributed by atoms with van der Waals surface area (Å²) in [4.78, 5) is 27.2. The molecule has 1 aromatic carbocycles. The molecule has 4 nitrogen and oxygen atoms in total. The number of rotatable bonds is 3. The Bertz CT molecular complexity index is 438. The molecular weight excluding hydrogens is 204 g/mol. The minimum atomic E-state index is -0.226. The van der Waals surface area contributed by atoms with E-state index >= 15 is 0 Å². The lowest BCUT2D eigenvalue weighted by Gasteiger charge is -2.11. The number of carbonyl (C=O) groups is 2. The lowest BCUT2D eigenvalue weighted by molar-refractivity contribution is -0.115. The second-order valence-corrected chi connectivity index (χ2v) is 3.55. The standard InChI is InChI=1S/C12H12N2O2/c15-11(9-4-2-1-3-5-9)8-10-12(16)14-7-6-13-10/h1-5H,6-8H2,(H,14,16). The number of hydrogen-bond donors (Lipinski definition) is 1. The van der Waals surface area contributed by atoms with Crippen molar-refractivity contribution in [3.05, 3.63) is 35.9 Å².